The quantitative estimate of drug-likeness (QED) is 0.724. The highest BCUT2D eigenvalue weighted by Gasteiger charge is 2.23. The molecule has 0 saturated heterocycles. The number of nitrogens with one attached hydrogen (secondary N) is 1. The molecule has 16 heavy (non-hydrogen) atoms. The number of aliphatic carboxylic acids is 1. The number of hydrogen-bond donors (Lipinski definition) is 2. The van der Waals surface area contributed by atoms with Gasteiger partial charge in [-0.3, -0.25) is 4.79 Å². The van der Waals surface area contributed by atoms with Crippen LogP contribution in [0.5, 0.6) is 0 Å². The smallest absolute Gasteiger partial charge is 0.328 e. The second kappa shape index (κ2) is 5.26. The lowest BCUT2D eigenvalue weighted by Crippen LogP contribution is -2.43. The fraction of sp³-hybridized carbons (Fsp3) is 0.444. The van der Waals surface area contributed by atoms with E-state index in [1.54, 1.807) is 6.92 Å². The Kier molecular flexibility index (Phi) is 4.01. The summed E-state index contributed by atoms with van der Waals surface area (Å²) in [6, 6.07) is -1.11. The highest BCUT2D eigenvalue weighted by molar-refractivity contribution is 5.95. The largest absolute Gasteiger partial charge is 0.480 e. The van der Waals surface area contributed by atoms with Gasteiger partial charge in [0.2, 0.25) is 5.76 Å². The van der Waals surface area contributed by atoms with E-state index in [1.807, 2.05) is 0 Å². The first kappa shape index (κ1) is 12.2. The number of nitrogens with zero attached hydrogens (tertiary/aromatic N) is 1. The highest BCUT2D eigenvalue weighted by atomic mass is 16.5. The Hall–Kier alpha value is -1.89. The van der Waals surface area contributed by atoms with Gasteiger partial charge in [-0.2, -0.15) is 0 Å². The molecule has 1 amide bonds. The molecule has 0 spiro atoms. The van der Waals surface area contributed by atoms with Crippen LogP contribution in [0.25, 0.3) is 0 Å². The number of carbonyl (C=O) groups is 2. The number of carboxylic acids is 1. The second-order valence-corrected chi connectivity index (χ2v) is 3.09. The van der Waals surface area contributed by atoms with Gasteiger partial charge < -0.3 is 19.6 Å². The van der Waals surface area contributed by atoms with Crippen LogP contribution in [0.15, 0.2) is 10.8 Å². The topological polar surface area (TPSA) is 102 Å². The number of carboxylic acid groups (broad SMARTS) is 1. The zero-order valence-electron chi connectivity index (χ0n) is 8.89. The number of oxazole rings is 1. The average Bonchev–Trinajstić information content (AvgIpc) is 2.63. The molecule has 2 N–H and O–H groups in total. The Morgan fingerprint density at radius 1 is 1.69 bits per heavy atom. The van der Waals surface area contributed by atoms with Gasteiger partial charge in [-0.1, -0.05) is 0 Å². The van der Waals surface area contributed by atoms with E-state index in [0.29, 0.717) is 5.69 Å². The van der Waals surface area contributed by atoms with Gasteiger partial charge in [0.15, 0.2) is 12.4 Å². The maximum absolute atomic E-state index is 11.6. The van der Waals surface area contributed by atoms with Crippen LogP contribution >= 0.6 is 0 Å². The maximum atomic E-state index is 11.6. The molecular formula is C9H12N2O5. The lowest BCUT2D eigenvalue weighted by atomic mass is 10.3. The first-order chi connectivity index (χ1) is 7.56. The van der Waals surface area contributed by atoms with Crippen molar-refractivity contribution in [2.24, 2.45) is 0 Å². The number of hydrogen-bond acceptors (Lipinski definition) is 5. The molecule has 1 unspecified atom stereocenters. The molecule has 88 valence electrons. The molecule has 0 aliphatic rings. The summed E-state index contributed by atoms with van der Waals surface area (Å²) >= 11 is 0. The summed E-state index contributed by atoms with van der Waals surface area (Å²) < 4.78 is 9.50. The molecule has 1 aromatic rings. The van der Waals surface area contributed by atoms with E-state index in [2.05, 4.69) is 15.0 Å². The molecule has 7 nitrogen and oxygen atoms in total. The van der Waals surface area contributed by atoms with Crippen molar-refractivity contribution in [2.45, 2.75) is 13.0 Å². The van der Waals surface area contributed by atoms with Gasteiger partial charge in [0.05, 0.1) is 12.3 Å². The minimum atomic E-state index is -1.17. The summed E-state index contributed by atoms with van der Waals surface area (Å²) in [5.74, 6) is -1.80. The molecule has 1 heterocycles. The standard InChI is InChI=1S/C9H12N2O5/c1-5-7(16-4-10-5)8(12)11-6(3-15-2)9(13)14/h4,6H,3H2,1-2H3,(H,11,12)(H,13,14). The summed E-state index contributed by atoms with van der Waals surface area (Å²) in [5, 5.41) is 11.0. The van der Waals surface area contributed by atoms with Crippen LogP contribution in [-0.2, 0) is 9.53 Å². The van der Waals surface area contributed by atoms with Crippen molar-refractivity contribution in [3.8, 4) is 0 Å². The minimum Gasteiger partial charge on any atom is -0.480 e. The van der Waals surface area contributed by atoms with Crippen LogP contribution in [0.3, 0.4) is 0 Å². The van der Waals surface area contributed by atoms with E-state index in [4.69, 9.17) is 9.52 Å². The van der Waals surface area contributed by atoms with Crippen molar-refractivity contribution >= 4 is 11.9 Å². The maximum Gasteiger partial charge on any atom is 0.328 e. The van der Waals surface area contributed by atoms with Gasteiger partial charge >= 0.3 is 5.97 Å². The molecule has 0 aromatic carbocycles. The van der Waals surface area contributed by atoms with Gasteiger partial charge in [0, 0.05) is 7.11 Å². The number of aryl methyl sites for hydroxylation is 1. The van der Waals surface area contributed by atoms with Crippen molar-refractivity contribution in [1.29, 1.82) is 0 Å². The molecule has 0 radical (unpaired) electrons. The van der Waals surface area contributed by atoms with E-state index in [0.717, 1.165) is 6.39 Å². The van der Waals surface area contributed by atoms with Gasteiger partial charge in [-0.25, -0.2) is 9.78 Å². The number of amides is 1. The molecule has 1 aromatic heterocycles. The Balaban J connectivity index is 2.69. The SMILES string of the molecule is COCC(NC(=O)c1ocnc1C)C(=O)O. The van der Waals surface area contributed by atoms with Crippen LogP contribution in [0.1, 0.15) is 16.2 Å². The fourth-order valence-corrected chi connectivity index (χ4v) is 1.08. The molecule has 0 saturated carbocycles. The molecule has 1 rings (SSSR count). The average molecular weight is 228 g/mol. The van der Waals surface area contributed by atoms with Crippen LogP contribution in [0.4, 0.5) is 0 Å². The Bertz CT molecular complexity index is 387. The Morgan fingerprint density at radius 3 is 2.81 bits per heavy atom. The van der Waals surface area contributed by atoms with Crippen LogP contribution < -0.4 is 5.32 Å². The molecule has 0 aliphatic carbocycles. The van der Waals surface area contributed by atoms with Crippen molar-refractivity contribution in [3.63, 3.8) is 0 Å². The predicted molar refractivity (Wildman–Crippen MR) is 52.0 cm³/mol. The van der Waals surface area contributed by atoms with Crippen molar-refractivity contribution in [1.82, 2.24) is 10.3 Å². The number of aromatic nitrogens is 1. The van der Waals surface area contributed by atoms with Crippen LogP contribution in [0.2, 0.25) is 0 Å². The first-order valence-corrected chi connectivity index (χ1v) is 4.49. The van der Waals surface area contributed by atoms with Gasteiger partial charge in [-0.15, -0.1) is 0 Å². The van der Waals surface area contributed by atoms with Crippen LogP contribution in [-0.4, -0.2) is 41.7 Å². The summed E-state index contributed by atoms with van der Waals surface area (Å²) in [6.07, 6.45) is 1.12. The molecule has 1 atom stereocenters. The van der Waals surface area contributed by atoms with E-state index >= 15 is 0 Å². The fourth-order valence-electron chi connectivity index (χ4n) is 1.08. The van der Waals surface area contributed by atoms with Gasteiger partial charge in [-0.05, 0) is 6.92 Å². The predicted octanol–water partition coefficient (Wildman–Crippen LogP) is -0.188. The third-order valence-electron chi connectivity index (χ3n) is 1.89. The van der Waals surface area contributed by atoms with Gasteiger partial charge in [0.1, 0.15) is 0 Å². The van der Waals surface area contributed by atoms with E-state index in [9.17, 15) is 9.59 Å². The molecule has 0 bridgehead atoms. The number of ether oxygens (including phenoxy) is 1. The van der Waals surface area contributed by atoms with Crippen molar-refractivity contribution in [3.05, 3.63) is 17.8 Å². The van der Waals surface area contributed by atoms with Gasteiger partial charge in [0.25, 0.3) is 5.91 Å². The third kappa shape index (κ3) is 2.80. The second-order valence-electron chi connectivity index (χ2n) is 3.09. The number of carbonyl (C=O) groups excluding carboxylic acids is 1. The normalized spacial score (nSPS) is 12.1. The van der Waals surface area contributed by atoms with E-state index in [1.165, 1.54) is 7.11 Å². The summed E-state index contributed by atoms with van der Waals surface area (Å²) in [7, 11) is 1.35. The molecule has 7 heteroatoms. The molecule has 0 aliphatic heterocycles. The third-order valence-corrected chi connectivity index (χ3v) is 1.89. The highest BCUT2D eigenvalue weighted by Crippen LogP contribution is 2.04. The number of methoxy groups -OCH3 is 1. The Morgan fingerprint density at radius 2 is 2.38 bits per heavy atom. The lowest BCUT2D eigenvalue weighted by Gasteiger charge is -2.12. The summed E-state index contributed by atoms with van der Waals surface area (Å²) in [5.41, 5.74) is 0.402. The molecular weight excluding hydrogens is 216 g/mol. The van der Waals surface area contributed by atoms with E-state index in [-0.39, 0.29) is 12.4 Å². The zero-order chi connectivity index (χ0) is 12.1. The van der Waals surface area contributed by atoms with Crippen molar-refractivity contribution < 1.29 is 23.8 Å². The van der Waals surface area contributed by atoms with E-state index < -0.39 is 17.9 Å². The summed E-state index contributed by atoms with van der Waals surface area (Å²) in [4.78, 5) is 26.0. The monoisotopic (exact) mass is 228 g/mol. The minimum absolute atomic E-state index is 0.00218. The zero-order valence-corrected chi connectivity index (χ0v) is 8.89. The summed E-state index contributed by atoms with van der Waals surface area (Å²) in [6.45, 7) is 1.47. The Labute approximate surface area is 91.4 Å². The molecule has 0 fully saturated rings. The van der Waals surface area contributed by atoms with Crippen molar-refractivity contribution in [2.75, 3.05) is 13.7 Å². The lowest BCUT2D eigenvalue weighted by molar-refractivity contribution is -0.140. The van der Waals surface area contributed by atoms with Crippen LogP contribution in [0, 0.1) is 6.92 Å². The number of rotatable bonds is 5. The first-order valence-electron chi connectivity index (χ1n) is 4.49.